The van der Waals surface area contributed by atoms with E-state index in [2.05, 4.69) is 0 Å². The summed E-state index contributed by atoms with van der Waals surface area (Å²) in [5.74, 6) is -0.264. The second-order valence-electron chi connectivity index (χ2n) is 4.48. The van der Waals surface area contributed by atoms with Gasteiger partial charge in [-0.3, -0.25) is 0 Å². The molecule has 19 heavy (non-hydrogen) atoms. The van der Waals surface area contributed by atoms with E-state index in [1.807, 2.05) is 37.3 Å². The van der Waals surface area contributed by atoms with Gasteiger partial charge in [-0.25, -0.2) is 4.39 Å². The number of halogens is 1. The molecule has 3 heteroatoms. The second kappa shape index (κ2) is 6.45. The van der Waals surface area contributed by atoms with Gasteiger partial charge in [-0.1, -0.05) is 36.4 Å². The molecule has 0 saturated carbocycles. The van der Waals surface area contributed by atoms with Gasteiger partial charge in [0.1, 0.15) is 5.82 Å². The zero-order chi connectivity index (χ0) is 13.7. The molecule has 2 rings (SSSR count). The van der Waals surface area contributed by atoms with Crippen molar-refractivity contribution in [2.24, 2.45) is 5.73 Å². The molecule has 2 aromatic rings. The third-order valence-electron chi connectivity index (χ3n) is 3.15. The summed E-state index contributed by atoms with van der Waals surface area (Å²) in [6.45, 7) is 2.75. The molecule has 0 aliphatic heterocycles. The molecule has 2 aromatic carbocycles. The molecule has 0 spiro atoms. The van der Waals surface area contributed by atoms with E-state index in [1.54, 1.807) is 6.07 Å². The first-order chi connectivity index (χ1) is 9.20. The quantitative estimate of drug-likeness (QED) is 0.891. The average molecular weight is 259 g/mol. The van der Waals surface area contributed by atoms with Crippen LogP contribution in [0, 0.1) is 5.82 Å². The summed E-state index contributed by atoms with van der Waals surface area (Å²) in [5.41, 5.74) is 8.47. The van der Waals surface area contributed by atoms with Crippen LogP contribution in [0.25, 0.3) is 0 Å². The highest BCUT2D eigenvalue weighted by Crippen LogP contribution is 2.20. The maximum atomic E-state index is 13.1. The molecule has 0 amide bonds. The molecular weight excluding hydrogens is 241 g/mol. The van der Waals surface area contributed by atoms with Crippen LogP contribution in [-0.2, 0) is 17.9 Å². The fourth-order valence-electron chi connectivity index (χ4n) is 1.96. The van der Waals surface area contributed by atoms with E-state index in [0.29, 0.717) is 13.2 Å². The summed E-state index contributed by atoms with van der Waals surface area (Å²) in [5, 5.41) is 0. The smallest absolute Gasteiger partial charge is 0.123 e. The number of nitrogens with two attached hydrogens (primary N) is 1. The van der Waals surface area contributed by atoms with Crippen LogP contribution in [0.4, 0.5) is 4.39 Å². The first-order valence-electron chi connectivity index (χ1n) is 6.34. The highest BCUT2D eigenvalue weighted by molar-refractivity contribution is 5.27. The Morgan fingerprint density at radius 2 is 1.84 bits per heavy atom. The number of benzene rings is 2. The van der Waals surface area contributed by atoms with E-state index in [9.17, 15) is 4.39 Å². The zero-order valence-electron chi connectivity index (χ0n) is 11.0. The first-order valence-corrected chi connectivity index (χ1v) is 6.34. The minimum absolute atomic E-state index is 0.00289. The second-order valence-corrected chi connectivity index (χ2v) is 4.48. The summed E-state index contributed by atoms with van der Waals surface area (Å²) in [7, 11) is 0. The van der Waals surface area contributed by atoms with E-state index in [4.69, 9.17) is 10.5 Å². The molecule has 0 saturated heterocycles. The van der Waals surface area contributed by atoms with Crippen molar-refractivity contribution in [1.29, 1.82) is 0 Å². The summed E-state index contributed by atoms with van der Waals surface area (Å²) in [6.07, 6.45) is -0.00289. The molecule has 0 radical (unpaired) electrons. The lowest BCUT2D eigenvalue weighted by Gasteiger charge is -2.15. The highest BCUT2D eigenvalue weighted by atomic mass is 19.1. The monoisotopic (exact) mass is 259 g/mol. The van der Waals surface area contributed by atoms with Crippen molar-refractivity contribution in [3.05, 3.63) is 71.0 Å². The molecule has 0 aliphatic carbocycles. The highest BCUT2D eigenvalue weighted by Gasteiger charge is 2.08. The predicted octanol–water partition coefficient (Wildman–Crippen LogP) is 3.56. The van der Waals surface area contributed by atoms with E-state index in [1.165, 1.54) is 12.1 Å². The molecule has 100 valence electrons. The Balaban J connectivity index is 2.03. The van der Waals surface area contributed by atoms with Crippen LogP contribution >= 0.6 is 0 Å². The predicted molar refractivity (Wildman–Crippen MR) is 73.9 cm³/mol. The van der Waals surface area contributed by atoms with E-state index in [-0.39, 0.29) is 11.9 Å². The van der Waals surface area contributed by atoms with Gasteiger partial charge in [-0.15, -0.1) is 0 Å². The van der Waals surface area contributed by atoms with Crippen molar-refractivity contribution in [2.75, 3.05) is 0 Å². The number of hydrogen-bond donors (Lipinski definition) is 1. The van der Waals surface area contributed by atoms with E-state index in [0.717, 1.165) is 16.7 Å². The molecule has 2 N–H and O–H groups in total. The van der Waals surface area contributed by atoms with Crippen LogP contribution < -0.4 is 5.73 Å². The molecule has 2 nitrogen and oxygen atoms in total. The van der Waals surface area contributed by atoms with Crippen LogP contribution in [0.2, 0.25) is 0 Å². The molecule has 0 heterocycles. The van der Waals surface area contributed by atoms with Gasteiger partial charge in [-0.05, 0) is 35.7 Å². The van der Waals surface area contributed by atoms with Crippen LogP contribution in [0.3, 0.4) is 0 Å². The number of rotatable bonds is 5. The lowest BCUT2D eigenvalue weighted by molar-refractivity contribution is 0.0521. The molecule has 0 aromatic heterocycles. The minimum atomic E-state index is -0.264. The van der Waals surface area contributed by atoms with Gasteiger partial charge in [0.05, 0.1) is 12.7 Å². The van der Waals surface area contributed by atoms with Gasteiger partial charge in [0.2, 0.25) is 0 Å². The van der Waals surface area contributed by atoms with Gasteiger partial charge in [0.25, 0.3) is 0 Å². The molecule has 0 aliphatic rings. The van der Waals surface area contributed by atoms with Crippen molar-refractivity contribution in [2.45, 2.75) is 26.2 Å². The summed E-state index contributed by atoms with van der Waals surface area (Å²) < 4.78 is 18.9. The van der Waals surface area contributed by atoms with Gasteiger partial charge < -0.3 is 10.5 Å². The van der Waals surface area contributed by atoms with Crippen molar-refractivity contribution in [3.8, 4) is 0 Å². The van der Waals surface area contributed by atoms with Crippen molar-refractivity contribution in [3.63, 3.8) is 0 Å². The van der Waals surface area contributed by atoms with Crippen LogP contribution in [0.15, 0.2) is 48.5 Å². The largest absolute Gasteiger partial charge is 0.369 e. The Hall–Kier alpha value is -1.71. The van der Waals surface area contributed by atoms with Gasteiger partial charge in [0, 0.05) is 6.54 Å². The molecule has 0 bridgehead atoms. The lowest BCUT2D eigenvalue weighted by atomic mass is 10.1. The summed E-state index contributed by atoms with van der Waals surface area (Å²) in [4.78, 5) is 0. The average Bonchev–Trinajstić information content (AvgIpc) is 2.46. The van der Waals surface area contributed by atoms with E-state index >= 15 is 0 Å². The van der Waals surface area contributed by atoms with Crippen molar-refractivity contribution in [1.82, 2.24) is 0 Å². The zero-order valence-corrected chi connectivity index (χ0v) is 11.0. The van der Waals surface area contributed by atoms with Gasteiger partial charge in [0.15, 0.2) is 0 Å². The number of hydrogen-bond acceptors (Lipinski definition) is 2. The Morgan fingerprint density at radius 3 is 2.53 bits per heavy atom. The van der Waals surface area contributed by atoms with Crippen LogP contribution in [0.5, 0.6) is 0 Å². The Kier molecular flexibility index (Phi) is 4.66. The fourth-order valence-corrected chi connectivity index (χ4v) is 1.96. The lowest BCUT2D eigenvalue weighted by Crippen LogP contribution is -2.06. The van der Waals surface area contributed by atoms with Crippen LogP contribution in [0.1, 0.15) is 29.7 Å². The third kappa shape index (κ3) is 3.63. The topological polar surface area (TPSA) is 35.2 Å². The maximum absolute atomic E-state index is 13.1. The Morgan fingerprint density at radius 1 is 1.11 bits per heavy atom. The summed E-state index contributed by atoms with van der Waals surface area (Å²) in [6, 6.07) is 14.6. The summed E-state index contributed by atoms with van der Waals surface area (Å²) >= 11 is 0. The third-order valence-corrected chi connectivity index (χ3v) is 3.15. The Bertz CT molecular complexity index is 528. The maximum Gasteiger partial charge on any atom is 0.123 e. The van der Waals surface area contributed by atoms with Crippen molar-refractivity contribution >= 4 is 0 Å². The first kappa shape index (κ1) is 13.7. The Labute approximate surface area is 113 Å². The number of ether oxygens (including phenoxy) is 1. The fraction of sp³-hybridized carbons (Fsp3) is 0.250. The molecule has 1 unspecified atom stereocenters. The van der Waals surface area contributed by atoms with Crippen molar-refractivity contribution < 1.29 is 9.13 Å². The van der Waals surface area contributed by atoms with Crippen LogP contribution in [-0.4, -0.2) is 0 Å². The normalized spacial score (nSPS) is 12.4. The minimum Gasteiger partial charge on any atom is -0.369 e. The van der Waals surface area contributed by atoms with Gasteiger partial charge >= 0.3 is 0 Å². The van der Waals surface area contributed by atoms with E-state index < -0.39 is 0 Å². The molecular formula is C16H18FNO. The molecule has 0 fully saturated rings. The molecule has 1 atom stereocenters. The SMILES string of the molecule is CC(OCc1ccc(F)cc1CN)c1ccccc1. The standard InChI is InChI=1S/C16H18FNO/c1-12(13-5-3-2-4-6-13)19-11-14-7-8-16(17)9-15(14)10-18/h2-9,12H,10-11,18H2,1H3. The van der Waals surface area contributed by atoms with Gasteiger partial charge in [-0.2, -0.15) is 0 Å².